The van der Waals surface area contributed by atoms with E-state index < -0.39 is 0 Å². The van der Waals surface area contributed by atoms with Gasteiger partial charge in [0.05, 0.1) is 6.54 Å². The van der Waals surface area contributed by atoms with E-state index in [0.717, 1.165) is 37.3 Å². The van der Waals surface area contributed by atoms with Crippen molar-refractivity contribution in [3.05, 3.63) is 82.4 Å². The van der Waals surface area contributed by atoms with Gasteiger partial charge in [-0.05, 0) is 54.8 Å². The van der Waals surface area contributed by atoms with Crippen molar-refractivity contribution in [2.75, 3.05) is 11.9 Å². The van der Waals surface area contributed by atoms with Crippen LogP contribution in [-0.2, 0) is 25.9 Å². The number of aromatic nitrogens is 5. The maximum atomic E-state index is 13.1. The van der Waals surface area contributed by atoms with Gasteiger partial charge in [0.1, 0.15) is 5.39 Å². The van der Waals surface area contributed by atoms with Gasteiger partial charge in [0.15, 0.2) is 11.5 Å². The van der Waals surface area contributed by atoms with Crippen molar-refractivity contribution >= 4 is 22.7 Å². The molecule has 0 amide bonds. The molecular weight excluding hydrogens is 402 g/mol. The van der Waals surface area contributed by atoms with E-state index in [-0.39, 0.29) is 5.56 Å². The predicted molar refractivity (Wildman–Crippen MR) is 126 cm³/mol. The van der Waals surface area contributed by atoms with Gasteiger partial charge in [-0.3, -0.25) is 4.79 Å². The number of pyridine rings is 1. The molecule has 0 radical (unpaired) electrons. The minimum atomic E-state index is -0.171. The summed E-state index contributed by atoms with van der Waals surface area (Å²) in [5.74, 6) is 1.07. The van der Waals surface area contributed by atoms with Gasteiger partial charge in [0.2, 0.25) is 5.95 Å². The zero-order valence-electron chi connectivity index (χ0n) is 18.0. The topological polar surface area (TPSA) is 89.7 Å². The molecule has 0 unspecified atom stereocenters. The molecule has 162 valence electrons. The van der Waals surface area contributed by atoms with Gasteiger partial charge in [0, 0.05) is 24.1 Å². The second-order valence-electron chi connectivity index (χ2n) is 7.79. The van der Waals surface area contributed by atoms with E-state index >= 15 is 0 Å². The van der Waals surface area contributed by atoms with E-state index in [2.05, 4.69) is 41.3 Å². The maximum Gasteiger partial charge on any atom is 0.278 e. The summed E-state index contributed by atoms with van der Waals surface area (Å²) in [5, 5.41) is 7.13. The lowest BCUT2D eigenvalue weighted by Gasteiger charge is -2.18. The number of allylic oxidation sites excluding steroid dienone is 1. The molecule has 0 fully saturated rings. The van der Waals surface area contributed by atoms with Crippen LogP contribution in [0.5, 0.6) is 0 Å². The number of aryl methyl sites for hydroxylation is 1. The molecule has 0 spiro atoms. The number of benzene rings is 1. The van der Waals surface area contributed by atoms with E-state index in [1.807, 2.05) is 24.3 Å². The van der Waals surface area contributed by atoms with Gasteiger partial charge in [-0.25, -0.2) is 19.3 Å². The van der Waals surface area contributed by atoms with Crippen LogP contribution in [-0.4, -0.2) is 30.9 Å². The zero-order chi connectivity index (χ0) is 22.1. The fourth-order valence-corrected chi connectivity index (χ4v) is 4.08. The van der Waals surface area contributed by atoms with Gasteiger partial charge >= 0.3 is 0 Å². The Bertz CT molecular complexity index is 1370. The van der Waals surface area contributed by atoms with Crippen LogP contribution in [0.15, 0.2) is 60.0 Å². The molecule has 8 nitrogen and oxygen atoms in total. The number of rotatable bonds is 6. The number of anilines is 2. The Hall–Kier alpha value is -3.78. The SMILES string of the molecule is C=CCn1c(=O)c2cnc(Nc3ccc4c(c3)CNCC4)nc2n1-c1cccc(CC)n1. The van der Waals surface area contributed by atoms with Gasteiger partial charge in [-0.2, -0.15) is 4.98 Å². The van der Waals surface area contributed by atoms with Crippen molar-refractivity contribution in [2.24, 2.45) is 0 Å². The molecule has 0 saturated heterocycles. The fraction of sp³-hybridized carbons (Fsp3) is 0.250. The first-order chi connectivity index (χ1) is 15.7. The second-order valence-corrected chi connectivity index (χ2v) is 7.79. The summed E-state index contributed by atoms with van der Waals surface area (Å²) in [5.41, 5.74) is 4.83. The largest absolute Gasteiger partial charge is 0.324 e. The molecule has 0 saturated carbocycles. The summed E-state index contributed by atoms with van der Waals surface area (Å²) >= 11 is 0. The lowest BCUT2D eigenvalue weighted by molar-refractivity contribution is 0.596. The Kier molecular flexibility index (Phi) is 5.28. The van der Waals surface area contributed by atoms with Crippen LogP contribution in [0.2, 0.25) is 0 Å². The Morgan fingerprint density at radius 1 is 1.22 bits per heavy atom. The molecule has 1 aromatic carbocycles. The molecule has 0 bridgehead atoms. The van der Waals surface area contributed by atoms with E-state index in [0.29, 0.717) is 29.3 Å². The summed E-state index contributed by atoms with van der Waals surface area (Å²) in [6, 6.07) is 12.1. The monoisotopic (exact) mass is 427 g/mol. The molecule has 5 rings (SSSR count). The summed E-state index contributed by atoms with van der Waals surface area (Å²) < 4.78 is 3.34. The second kappa shape index (κ2) is 8.39. The van der Waals surface area contributed by atoms with Crippen molar-refractivity contribution in [1.82, 2.24) is 29.6 Å². The highest BCUT2D eigenvalue weighted by Crippen LogP contribution is 2.22. The summed E-state index contributed by atoms with van der Waals surface area (Å²) in [7, 11) is 0. The molecule has 8 heteroatoms. The summed E-state index contributed by atoms with van der Waals surface area (Å²) in [6.07, 6.45) is 5.10. The number of nitrogens with one attached hydrogen (secondary N) is 2. The number of hydrogen-bond donors (Lipinski definition) is 2. The van der Waals surface area contributed by atoms with E-state index in [9.17, 15) is 4.79 Å². The Labute approximate surface area is 185 Å². The van der Waals surface area contributed by atoms with Crippen LogP contribution in [0, 0.1) is 0 Å². The van der Waals surface area contributed by atoms with Gasteiger partial charge in [0.25, 0.3) is 5.56 Å². The van der Waals surface area contributed by atoms with E-state index in [4.69, 9.17) is 9.97 Å². The third-order valence-electron chi connectivity index (χ3n) is 5.70. The highest BCUT2D eigenvalue weighted by molar-refractivity contribution is 5.77. The molecule has 32 heavy (non-hydrogen) atoms. The van der Waals surface area contributed by atoms with Crippen molar-refractivity contribution in [1.29, 1.82) is 0 Å². The summed E-state index contributed by atoms with van der Waals surface area (Å²) in [4.78, 5) is 26.9. The number of fused-ring (bicyclic) bond motifs is 2. The Morgan fingerprint density at radius 2 is 2.12 bits per heavy atom. The first-order valence-corrected chi connectivity index (χ1v) is 10.8. The zero-order valence-corrected chi connectivity index (χ0v) is 18.0. The predicted octanol–water partition coefficient (Wildman–Crippen LogP) is 3.11. The van der Waals surface area contributed by atoms with Crippen LogP contribution < -0.4 is 16.2 Å². The van der Waals surface area contributed by atoms with E-state index in [1.54, 1.807) is 21.6 Å². The molecule has 1 aliphatic rings. The smallest absolute Gasteiger partial charge is 0.278 e. The maximum absolute atomic E-state index is 13.1. The molecule has 1 aliphatic heterocycles. The van der Waals surface area contributed by atoms with Crippen LogP contribution in [0.4, 0.5) is 11.6 Å². The minimum absolute atomic E-state index is 0.171. The van der Waals surface area contributed by atoms with Crippen molar-refractivity contribution < 1.29 is 0 Å². The lowest BCUT2D eigenvalue weighted by Crippen LogP contribution is -2.23. The number of nitrogens with zero attached hydrogens (tertiary/aromatic N) is 5. The standard InChI is InChI=1S/C24H25N7O/c1-3-12-30-23(32)20-15-26-24(28-19-9-8-16-10-11-25-14-17(16)13-19)29-22(20)31(30)21-7-5-6-18(4-2)27-21/h3,5-9,13,15,25H,1,4,10-12,14H2,2H3,(H,26,28,29). The molecule has 2 N–H and O–H groups in total. The lowest BCUT2D eigenvalue weighted by atomic mass is 10.0. The molecule has 4 heterocycles. The Balaban J connectivity index is 1.61. The summed E-state index contributed by atoms with van der Waals surface area (Å²) in [6.45, 7) is 8.05. The first kappa shape index (κ1) is 20.1. The molecular formula is C24H25N7O. The van der Waals surface area contributed by atoms with Crippen molar-refractivity contribution in [3.8, 4) is 5.82 Å². The fourth-order valence-electron chi connectivity index (χ4n) is 4.08. The molecule has 0 atom stereocenters. The van der Waals surface area contributed by atoms with Crippen LogP contribution in [0.3, 0.4) is 0 Å². The van der Waals surface area contributed by atoms with E-state index in [1.165, 1.54) is 11.1 Å². The molecule has 0 aliphatic carbocycles. The van der Waals surface area contributed by atoms with Gasteiger partial charge in [-0.15, -0.1) is 6.58 Å². The molecule has 3 aromatic heterocycles. The highest BCUT2D eigenvalue weighted by Gasteiger charge is 2.18. The van der Waals surface area contributed by atoms with Crippen molar-refractivity contribution in [3.63, 3.8) is 0 Å². The normalized spacial score (nSPS) is 13.2. The van der Waals surface area contributed by atoms with Gasteiger partial charge in [-0.1, -0.05) is 25.1 Å². The third-order valence-corrected chi connectivity index (χ3v) is 5.70. The van der Waals surface area contributed by atoms with Crippen molar-refractivity contribution in [2.45, 2.75) is 32.9 Å². The van der Waals surface area contributed by atoms with Gasteiger partial charge < -0.3 is 10.6 Å². The first-order valence-electron chi connectivity index (χ1n) is 10.8. The van der Waals surface area contributed by atoms with Crippen LogP contribution in [0.25, 0.3) is 16.9 Å². The highest BCUT2D eigenvalue weighted by atomic mass is 16.1. The molecule has 4 aromatic rings. The average Bonchev–Trinajstić information content (AvgIpc) is 3.10. The van der Waals surface area contributed by atoms with Crippen LogP contribution in [0.1, 0.15) is 23.7 Å². The quantitative estimate of drug-likeness (QED) is 0.460. The Morgan fingerprint density at radius 3 is 2.97 bits per heavy atom. The van der Waals surface area contributed by atoms with Crippen LogP contribution >= 0.6 is 0 Å². The third kappa shape index (κ3) is 3.58. The number of hydrogen-bond acceptors (Lipinski definition) is 6. The minimum Gasteiger partial charge on any atom is -0.324 e. The average molecular weight is 428 g/mol.